The molecular weight excluding hydrogens is 486 g/mol. The number of amides is 1. The Hall–Kier alpha value is -3.23. The van der Waals surface area contributed by atoms with E-state index in [0.29, 0.717) is 18.5 Å². The average Bonchev–Trinajstić information content (AvgIpc) is 3.21. The minimum Gasteiger partial charge on any atom is -0.355 e. The van der Waals surface area contributed by atoms with Gasteiger partial charge in [0.1, 0.15) is 5.69 Å². The summed E-state index contributed by atoms with van der Waals surface area (Å²) in [6, 6.07) is 10.1. The van der Waals surface area contributed by atoms with Crippen molar-refractivity contribution in [2.75, 3.05) is 18.4 Å². The van der Waals surface area contributed by atoms with Gasteiger partial charge in [-0.25, -0.2) is 8.42 Å². The lowest BCUT2D eigenvalue weighted by Gasteiger charge is -2.30. The van der Waals surface area contributed by atoms with E-state index in [1.165, 1.54) is 9.87 Å². The molecule has 37 heavy (non-hydrogen) atoms. The molecule has 0 aliphatic carbocycles. The second kappa shape index (κ2) is 10.6. The van der Waals surface area contributed by atoms with Crippen LogP contribution in [-0.4, -0.2) is 36.9 Å². The highest BCUT2D eigenvalue weighted by Gasteiger charge is 2.36. The predicted molar refractivity (Wildman–Crippen MR) is 147 cm³/mol. The number of benzene rings is 2. The summed E-state index contributed by atoms with van der Waals surface area (Å²) >= 11 is 0. The number of aryl methyl sites for hydroxylation is 6. The van der Waals surface area contributed by atoms with Crippen LogP contribution >= 0.6 is 0 Å². The number of rotatable bonds is 6. The largest absolute Gasteiger partial charge is 0.355 e. The Morgan fingerprint density at radius 3 is 2.19 bits per heavy atom. The number of nitrogens with zero attached hydrogens (tertiary/aromatic N) is 2. The summed E-state index contributed by atoms with van der Waals surface area (Å²) in [6.07, 6.45) is 4.47. The summed E-state index contributed by atoms with van der Waals surface area (Å²) in [6.45, 7) is 12.3. The lowest BCUT2D eigenvalue weighted by atomic mass is 9.97. The van der Waals surface area contributed by atoms with Gasteiger partial charge in [0.2, 0.25) is 15.9 Å². The van der Waals surface area contributed by atoms with Crippen LogP contribution in [0, 0.1) is 47.5 Å². The smallest absolute Gasteiger partial charge is 0.248 e. The highest BCUT2D eigenvalue weighted by molar-refractivity contribution is 7.89. The van der Waals surface area contributed by atoms with Crippen LogP contribution in [-0.2, 0) is 14.8 Å². The molecule has 4 rings (SSSR count). The molecule has 0 atom stereocenters. The molecule has 0 radical (unpaired) electrons. The van der Waals surface area contributed by atoms with Crippen LogP contribution in [0.4, 0.5) is 5.69 Å². The molecule has 0 spiro atoms. The first kappa shape index (κ1) is 26.8. The van der Waals surface area contributed by atoms with E-state index in [9.17, 15) is 13.2 Å². The number of carbonyl (C=O) groups excluding carboxylic acids is 1. The predicted octanol–water partition coefficient (Wildman–Crippen LogP) is 5.73. The monoisotopic (exact) mass is 521 g/mol. The topological polar surface area (TPSA) is 92.5 Å². The molecule has 2 aromatic carbocycles. The lowest BCUT2D eigenvalue weighted by Crippen LogP contribution is -2.41. The first-order chi connectivity index (χ1) is 17.5. The molecular formula is C29H35N3O4S. The molecule has 1 aliphatic heterocycles. The summed E-state index contributed by atoms with van der Waals surface area (Å²) in [5.74, 6) is -0.105. The highest BCUT2D eigenvalue weighted by Crippen LogP contribution is 2.30. The van der Waals surface area contributed by atoms with E-state index < -0.39 is 10.0 Å². The van der Waals surface area contributed by atoms with E-state index in [4.69, 9.17) is 4.52 Å². The Bertz CT molecular complexity index is 1440. The molecule has 0 bridgehead atoms. The Morgan fingerprint density at radius 1 is 0.946 bits per heavy atom. The fourth-order valence-corrected chi connectivity index (χ4v) is 6.81. The van der Waals surface area contributed by atoms with Gasteiger partial charge in [-0.05, 0) is 88.8 Å². The van der Waals surface area contributed by atoms with Crippen molar-refractivity contribution in [1.29, 1.82) is 0 Å². The van der Waals surface area contributed by atoms with Crippen LogP contribution < -0.4 is 5.32 Å². The van der Waals surface area contributed by atoms with Crippen LogP contribution in [0.3, 0.4) is 0 Å². The molecule has 0 saturated carbocycles. The summed E-state index contributed by atoms with van der Waals surface area (Å²) in [5, 5.41) is 6.97. The second-order valence-corrected chi connectivity index (χ2v) is 12.0. The van der Waals surface area contributed by atoms with Gasteiger partial charge in [-0.15, -0.1) is 0 Å². The Labute approximate surface area is 219 Å². The molecule has 7 nitrogen and oxygen atoms in total. The van der Waals surface area contributed by atoms with Crippen LogP contribution in [0.15, 0.2) is 39.8 Å². The zero-order valence-corrected chi connectivity index (χ0v) is 23.2. The van der Waals surface area contributed by atoms with Crippen molar-refractivity contribution in [2.45, 2.75) is 59.3 Å². The Kier molecular flexibility index (Phi) is 7.71. The third kappa shape index (κ3) is 5.70. The molecule has 1 aliphatic rings. The second-order valence-electron chi connectivity index (χ2n) is 10.1. The zero-order chi connectivity index (χ0) is 26.9. The van der Waals surface area contributed by atoms with Gasteiger partial charge < -0.3 is 9.84 Å². The van der Waals surface area contributed by atoms with Gasteiger partial charge >= 0.3 is 0 Å². The van der Waals surface area contributed by atoms with Crippen molar-refractivity contribution in [2.24, 2.45) is 5.92 Å². The van der Waals surface area contributed by atoms with E-state index in [0.717, 1.165) is 33.5 Å². The Morgan fingerprint density at radius 2 is 1.57 bits per heavy atom. The number of aromatic nitrogens is 1. The van der Waals surface area contributed by atoms with Crippen molar-refractivity contribution >= 4 is 33.8 Å². The van der Waals surface area contributed by atoms with E-state index in [2.05, 4.69) is 22.6 Å². The zero-order valence-electron chi connectivity index (χ0n) is 22.4. The van der Waals surface area contributed by atoms with Crippen molar-refractivity contribution in [3.05, 3.63) is 75.2 Å². The van der Waals surface area contributed by atoms with Crippen LogP contribution in [0.5, 0.6) is 0 Å². The number of nitrogens with one attached hydrogen (secondary N) is 1. The maximum atomic E-state index is 13.6. The normalized spacial score (nSPS) is 15.4. The third-order valence-corrected chi connectivity index (χ3v) is 9.09. The quantitative estimate of drug-likeness (QED) is 0.447. The number of hydrogen-bond donors (Lipinski definition) is 1. The summed E-state index contributed by atoms with van der Waals surface area (Å²) in [7, 11) is -3.84. The fourth-order valence-electron chi connectivity index (χ4n) is 5.09. The van der Waals surface area contributed by atoms with Crippen LogP contribution in [0.1, 0.15) is 57.7 Å². The minimum absolute atomic E-state index is 0.0716. The van der Waals surface area contributed by atoms with Gasteiger partial charge in [-0.3, -0.25) is 4.79 Å². The van der Waals surface area contributed by atoms with E-state index in [1.807, 2.05) is 58.9 Å². The van der Waals surface area contributed by atoms with Crippen molar-refractivity contribution in [3.8, 4) is 0 Å². The fraction of sp³-hybridized carbons (Fsp3) is 0.379. The number of carbonyl (C=O) groups is 1. The van der Waals surface area contributed by atoms with Gasteiger partial charge in [0.05, 0.1) is 0 Å². The molecule has 1 fully saturated rings. The standard InChI is InChI=1S/C29H35N3O4S/c1-18-7-9-26(22(5)15-18)30-29(33)24-11-13-32(14-12-24)37(34,35)28-23(6)31-36-27(28)10-8-25-20(3)16-19(2)17-21(25)4/h7-10,15-17,24H,11-14H2,1-6H3,(H,30,33)/b10-8+. The molecule has 1 aromatic heterocycles. The lowest BCUT2D eigenvalue weighted by molar-refractivity contribution is -0.120. The average molecular weight is 522 g/mol. The number of piperidine rings is 1. The molecule has 8 heteroatoms. The molecule has 1 amide bonds. The number of hydrogen-bond acceptors (Lipinski definition) is 5. The Balaban J connectivity index is 1.48. The highest BCUT2D eigenvalue weighted by atomic mass is 32.2. The third-order valence-electron chi connectivity index (χ3n) is 7.04. The maximum Gasteiger partial charge on any atom is 0.248 e. The molecule has 3 aromatic rings. The molecule has 0 unspecified atom stereocenters. The van der Waals surface area contributed by atoms with Crippen molar-refractivity contribution in [3.63, 3.8) is 0 Å². The molecule has 1 saturated heterocycles. The van der Waals surface area contributed by atoms with Crippen LogP contribution in [0.2, 0.25) is 0 Å². The summed E-state index contributed by atoms with van der Waals surface area (Å²) in [4.78, 5) is 13.0. The van der Waals surface area contributed by atoms with Gasteiger partial charge in [0, 0.05) is 24.7 Å². The van der Waals surface area contributed by atoms with Gasteiger partial charge in [-0.1, -0.05) is 46.6 Å². The molecule has 1 N–H and O–H groups in total. The van der Waals surface area contributed by atoms with Gasteiger partial charge in [-0.2, -0.15) is 4.31 Å². The molecule has 196 valence electrons. The first-order valence-corrected chi connectivity index (χ1v) is 14.0. The van der Waals surface area contributed by atoms with E-state index in [-0.39, 0.29) is 35.6 Å². The first-order valence-electron chi connectivity index (χ1n) is 12.6. The maximum absolute atomic E-state index is 13.6. The van der Waals surface area contributed by atoms with Crippen molar-refractivity contribution in [1.82, 2.24) is 9.46 Å². The number of sulfonamides is 1. The minimum atomic E-state index is -3.84. The van der Waals surface area contributed by atoms with Gasteiger partial charge in [0.15, 0.2) is 10.7 Å². The SMILES string of the molecule is Cc1ccc(NC(=O)C2CCN(S(=O)(=O)c3c(C)noc3/C=C/c3c(C)cc(C)cc3C)CC2)c(C)c1. The van der Waals surface area contributed by atoms with E-state index >= 15 is 0 Å². The summed E-state index contributed by atoms with van der Waals surface area (Å²) in [5.41, 5.74) is 7.68. The van der Waals surface area contributed by atoms with E-state index in [1.54, 1.807) is 13.0 Å². The number of anilines is 1. The summed E-state index contributed by atoms with van der Waals surface area (Å²) < 4.78 is 34.1. The van der Waals surface area contributed by atoms with Crippen LogP contribution in [0.25, 0.3) is 12.2 Å². The molecule has 2 heterocycles. The van der Waals surface area contributed by atoms with Gasteiger partial charge in [0.25, 0.3) is 0 Å². The van der Waals surface area contributed by atoms with Crippen molar-refractivity contribution < 1.29 is 17.7 Å².